The molecule has 0 amide bonds. The molecule has 0 saturated heterocycles. The van der Waals surface area contributed by atoms with Gasteiger partial charge in [-0.15, -0.1) is 0 Å². The lowest BCUT2D eigenvalue weighted by atomic mass is 10.3. The van der Waals surface area contributed by atoms with E-state index in [-0.39, 0.29) is 9.92 Å². The van der Waals surface area contributed by atoms with Crippen LogP contribution in [0.1, 0.15) is 0 Å². The molecule has 2 aromatic rings. The highest BCUT2D eigenvalue weighted by atomic mass is 35.5. The summed E-state index contributed by atoms with van der Waals surface area (Å²) in [5.41, 5.74) is 0.304. The number of sulfonamides is 1. The molecule has 0 aliphatic carbocycles. The molecular formula is C14H14ClNO4S. The monoisotopic (exact) mass is 327 g/mol. The minimum atomic E-state index is -3.80. The second-order valence-electron chi connectivity index (χ2n) is 4.10. The van der Waals surface area contributed by atoms with Crippen LogP contribution in [-0.2, 0) is 10.0 Å². The molecule has 0 aromatic heterocycles. The van der Waals surface area contributed by atoms with Crippen LogP contribution < -0.4 is 14.2 Å². The zero-order valence-electron chi connectivity index (χ0n) is 11.5. The predicted octanol–water partition coefficient (Wildman–Crippen LogP) is 3.16. The van der Waals surface area contributed by atoms with Crippen molar-refractivity contribution in [2.24, 2.45) is 0 Å². The van der Waals surface area contributed by atoms with Gasteiger partial charge >= 0.3 is 0 Å². The van der Waals surface area contributed by atoms with Gasteiger partial charge in [-0.3, -0.25) is 4.72 Å². The van der Waals surface area contributed by atoms with E-state index < -0.39 is 10.0 Å². The Labute approximate surface area is 128 Å². The number of benzene rings is 2. The number of anilines is 1. The lowest BCUT2D eigenvalue weighted by Gasteiger charge is -2.13. The molecule has 21 heavy (non-hydrogen) atoms. The Bertz CT molecular complexity index is 746. The Kier molecular flexibility index (Phi) is 4.59. The van der Waals surface area contributed by atoms with Gasteiger partial charge in [0.1, 0.15) is 16.4 Å². The van der Waals surface area contributed by atoms with Gasteiger partial charge in [0.05, 0.1) is 24.9 Å². The molecule has 0 aliphatic rings. The number of methoxy groups -OCH3 is 2. The Hall–Kier alpha value is -1.92. The van der Waals surface area contributed by atoms with Crippen molar-refractivity contribution in [3.63, 3.8) is 0 Å². The van der Waals surface area contributed by atoms with Gasteiger partial charge in [-0.2, -0.15) is 0 Å². The fourth-order valence-electron chi connectivity index (χ4n) is 1.75. The van der Waals surface area contributed by atoms with Gasteiger partial charge in [0.15, 0.2) is 0 Å². The number of hydrogen-bond donors (Lipinski definition) is 1. The van der Waals surface area contributed by atoms with E-state index in [4.69, 9.17) is 21.1 Å². The minimum Gasteiger partial charge on any atom is -0.497 e. The van der Waals surface area contributed by atoms with E-state index in [1.807, 2.05) is 0 Å². The molecule has 0 unspecified atom stereocenters. The van der Waals surface area contributed by atoms with Crippen molar-refractivity contribution >= 4 is 27.3 Å². The molecule has 0 radical (unpaired) electrons. The van der Waals surface area contributed by atoms with Crippen molar-refractivity contribution in [2.45, 2.75) is 4.90 Å². The molecule has 2 aromatic carbocycles. The molecule has 0 heterocycles. The molecule has 2 rings (SSSR count). The largest absolute Gasteiger partial charge is 0.497 e. The van der Waals surface area contributed by atoms with E-state index in [0.717, 1.165) is 0 Å². The second kappa shape index (κ2) is 6.24. The van der Waals surface area contributed by atoms with Gasteiger partial charge in [-0.25, -0.2) is 8.42 Å². The van der Waals surface area contributed by atoms with Gasteiger partial charge in [0, 0.05) is 6.07 Å². The van der Waals surface area contributed by atoms with E-state index in [1.54, 1.807) is 30.3 Å². The molecular weight excluding hydrogens is 314 g/mol. The second-order valence-corrected chi connectivity index (χ2v) is 6.16. The van der Waals surface area contributed by atoms with E-state index in [9.17, 15) is 8.42 Å². The summed E-state index contributed by atoms with van der Waals surface area (Å²) in [7, 11) is -0.836. The van der Waals surface area contributed by atoms with Crippen LogP contribution >= 0.6 is 11.6 Å². The maximum absolute atomic E-state index is 12.4. The number of halogens is 1. The summed E-state index contributed by atoms with van der Waals surface area (Å²) < 4.78 is 37.4. The van der Waals surface area contributed by atoms with E-state index in [0.29, 0.717) is 17.2 Å². The lowest BCUT2D eigenvalue weighted by Crippen LogP contribution is -2.14. The summed E-state index contributed by atoms with van der Waals surface area (Å²) in [6, 6.07) is 11.0. The van der Waals surface area contributed by atoms with Crippen LogP contribution in [0.15, 0.2) is 47.4 Å². The Balaban J connectivity index is 2.40. The van der Waals surface area contributed by atoms with E-state index in [1.165, 1.54) is 26.4 Å². The Morgan fingerprint density at radius 1 is 1.05 bits per heavy atom. The highest BCUT2D eigenvalue weighted by Crippen LogP contribution is 2.31. The molecule has 7 heteroatoms. The average Bonchev–Trinajstić information content (AvgIpc) is 2.47. The number of hydrogen-bond acceptors (Lipinski definition) is 4. The van der Waals surface area contributed by atoms with Crippen LogP contribution in [0.5, 0.6) is 11.5 Å². The summed E-state index contributed by atoms with van der Waals surface area (Å²) in [5.74, 6) is 0.914. The molecule has 1 N–H and O–H groups in total. The maximum atomic E-state index is 12.4. The molecule has 5 nitrogen and oxygen atoms in total. The predicted molar refractivity (Wildman–Crippen MR) is 81.8 cm³/mol. The van der Waals surface area contributed by atoms with Gasteiger partial charge in [0.2, 0.25) is 0 Å². The Morgan fingerprint density at radius 2 is 1.76 bits per heavy atom. The van der Waals surface area contributed by atoms with Gasteiger partial charge in [0.25, 0.3) is 10.0 Å². The summed E-state index contributed by atoms with van der Waals surface area (Å²) >= 11 is 5.93. The van der Waals surface area contributed by atoms with Crippen LogP contribution in [-0.4, -0.2) is 22.6 Å². The van der Waals surface area contributed by atoms with Crippen molar-refractivity contribution in [1.82, 2.24) is 0 Å². The third-order valence-electron chi connectivity index (χ3n) is 2.78. The van der Waals surface area contributed by atoms with Crippen molar-refractivity contribution < 1.29 is 17.9 Å². The summed E-state index contributed by atoms with van der Waals surface area (Å²) in [4.78, 5) is 0.00420. The number of nitrogens with one attached hydrogen (secondary N) is 1. The highest BCUT2D eigenvalue weighted by Gasteiger charge is 2.19. The van der Waals surface area contributed by atoms with Crippen LogP contribution in [0.25, 0.3) is 0 Å². The first kappa shape index (κ1) is 15.5. The number of rotatable bonds is 5. The third-order valence-corrected chi connectivity index (χ3v) is 4.64. The summed E-state index contributed by atoms with van der Waals surface area (Å²) in [6.45, 7) is 0. The maximum Gasteiger partial charge on any atom is 0.263 e. The van der Waals surface area contributed by atoms with Gasteiger partial charge in [-0.1, -0.05) is 23.7 Å². The molecule has 0 saturated carbocycles. The van der Waals surface area contributed by atoms with Crippen LogP contribution in [0.4, 0.5) is 5.69 Å². The first-order valence-electron chi connectivity index (χ1n) is 5.97. The standard InChI is InChI=1S/C14H14ClNO4S/c1-19-10-7-8-12(13(9-10)20-2)16-21(17,18)14-6-4-3-5-11(14)15/h3-9,16H,1-2H3. The van der Waals surface area contributed by atoms with Gasteiger partial charge in [-0.05, 0) is 24.3 Å². The van der Waals surface area contributed by atoms with E-state index in [2.05, 4.69) is 4.72 Å². The van der Waals surface area contributed by atoms with Crippen molar-refractivity contribution in [3.05, 3.63) is 47.5 Å². The highest BCUT2D eigenvalue weighted by molar-refractivity contribution is 7.92. The zero-order chi connectivity index (χ0) is 15.5. The van der Waals surface area contributed by atoms with Gasteiger partial charge < -0.3 is 9.47 Å². The lowest BCUT2D eigenvalue weighted by molar-refractivity contribution is 0.395. The van der Waals surface area contributed by atoms with E-state index >= 15 is 0 Å². The first-order chi connectivity index (χ1) is 9.97. The summed E-state index contributed by atoms with van der Waals surface area (Å²) in [6.07, 6.45) is 0. The topological polar surface area (TPSA) is 64.6 Å². The molecule has 0 bridgehead atoms. The van der Waals surface area contributed by atoms with Crippen LogP contribution in [0.2, 0.25) is 5.02 Å². The molecule has 0 spiro atoms. The molecule has 0 atom stereocenters. The van der Waals surface area contributed by atoms with Crippen molar-refractivity contribution in [2.75, 3.05) is 18.9 Å². The fraction of sp³-hybridized carbons (Fsp3) is 0.143. The molecule has 0 aliphatic heterocycles. The SMILES string of the molecule is COc1ccc(NS(=O)(=O)c2ccccc2Cl)c(OC)c1. The quantitative estimate of drug-likeness (QED) is 0.916. The van der Waals surface area contributed by atoms with Crippen LogP contribution in [0.3, 0.4) is 0 Å². The average molecular weight is 328 g/mol. The third kappa shape index (κ3) is 3.40. The number of ether oxygens (including phenoxy) is 2. The molecule has 0 fully saturated rings. The smallest absolute Gasteiger partial charge is 0.263 e. The minimum absolute atomic E-state index is 0.00420. The summed E-state index contributed by atoms with van der Waals surface area (Å²) in [5, 5.41) is 0.150. The zero-order valence-corrected chi connectivity index (χ0v) is 13.0. The molecule has 112 valence electrons. The Morgan fingerprint density at radius 3 is 2.38 bits per heavy atom. The van der Waals surface area contributed by atoms with Crippen LogP contribution in [0, 0.1) is 0 Å². The fourth-order valence-corrected chi connectivity index (χ4v) is 3.34. The first-order valence-corrected chi connectivity index (χ1v) is 7.83. The van der Waals surface area contributed by atoms with Crippen molar-refractivity contribution in [3.8, 4) is 11.5 Å². The normalized spacial score (nSPS) is 11.0. The van der Waals surface area contributed by atoms with Crippen molar-refractivity contribution in [1.29, 1.82) is 0 Å².